The van der Waals surface area contributed by atoms with Gasteiger partial charge in [-0.2, -0.15) is 0 Å². The van der Waals surface area contributed by atoms with Crippen molar-refractivity contribution in [3.05, 3.63) is 0 Å². The molecule has 0 aliphatic carbocycles. The van der Waals surface area contributed by atoms with E-state index in [2.05, 4.69) is 24.1 Å². The van der Waals surface area contributed by atoms with Crippen molar-refractivity contribution >= 4 is 18.3 Å². The van der Waals surface area contributed by atoms with E-state index < -0.39 is 0 Å². The lowest BCUT2D eigenvalue weighted by Crippen LogP contribution is -2.47. The van der Waals surface area contributed by atoms with E-state index >= 15 is 0 Å². The Morgan fingerprint density at radius 2 is 2.21 bits per heavy atom. The fourth-order valence-corrected chi connectivity index (χ4v) is 2.46. The van der Waals surface area contributed by atoms with Crippen LogP contribution >= 0.6 is 12.4 Å². The average Bonchev–Trinajstić information content (AvgIpc) is 2.36. The van der Waals surface area contributed by atoms with Gasteiger partial charge in [-0.1, -0.05) is 27.2 Å². The third-order valence-electron chi connectivity index (χ3n) is 4.03. The first kappa shape index (κ1) is 18.7. The Kier molecular flexibility index (Phi) is 9.40. The monoisotopic (exact) mass is 291 g/mol. The lowest BCUT2D eigenvalue weighted by Gasteiger charge is -2.31. The molecular formula is C14H30ClN3O. The van der Waals surface area contributed by atoms with Gasteiger partial charge in [0.1, 0.15) is 0 Å². The Morgan fingerprint density at radius 3 is 2.79 bits per heavy atom. The van der Waals surface area contributed by atoms with Crippen molar-refractivity contribution in [2.24, 2.45) is 17.6 Å². The molecule has 1 fully saturated rings. The predicted molar refractivity (Wildman–Crippen MR) is 82.5 cm³/mol. The average molecular weight is 292 g/mol. The summed E-state index contributed by atoms with van der Waals surface area (Å²) in [6, 6.07) is -0.365. The Hall–Kier alpha value is -0.320. The van der Waals surface area contributed by atoms with Crippen molar-refractivity contribution in [2.45, 2.75) is 46.1 Å². The summed E-state index contributed by atoms with van der Waals surface area (Å²) in [4.78, 5) is 14.2. The third-order valence-corrected chi connectivity index (χ3v) is 4.03. The number of nitrogens with two attached hydrogens (primary N) is 1. The Balaban J connectivity index is 0.00000324. The normalized spacial score (nSPS) is 23.3. The summed E-state index contributed by atoms with van der Waals surface area (Å²) in [5.41, 5.74) is 5.89. The topological polar surface area (TPSA) is 58.4 Å². The Labute approximate surface area is 123 Å². The van der Waals surface area contributed by atoms with E-state index in [0.29, 0.717) is 0 Å². The van der Waals surface area contributed by atoms with Crippen molar-refractivity contribution in [2.75, 3.05) is 26.2 Å². The van der Waals surface area contributed by atoms with Crippen LogP contribution in [0.1, 0.15) is 40.0 Å². The highest BCUT2D eigenvalue weighted by Crippen LogP contribution is 2.14. The number of halogens is 1. The van der Waals surface area contributed by atoms with Crippen LogP contribution in [-0.4, -0.2) is 43.0 Å². The van der Waals surface area contributed by atoms with Gasteiger partial charge in [-0.15, -0.1) is 12.4 Å². The smallest absolute Gasteiger partial charge is 0.237 e. The second-order valence-corrected chi connectivity index (χ2v) is 5.75. The highest BCUT2D eigenvalue weighted by Gasteiger charge is 2.20. The molecule has 1 heterocycles. The fourth-order valence-electron chi connectivity index (χ4n) is 2.46. The fraction of sp³-hybridized carbons (Fsp3) is 0.929. The molecule has 1 amide bonds. The second-order valence-electron chi connectivity index (χ2n) is 5.75. The van der Waals surface area contributed by atoms with E-state index in [1.165, 1.54) is 12.8 Å². The zero-order valence-corrected chi connectivity index (χ0v) is 13.3. The molecule has 0 radical (unpaired) electrons. The van der Waals surface area contributed by atoms with Gasteiger partial charge in [0.05, 0.1) is 6.04 Å². The summed E-state index contributed by atoms with van der Waals surface area (Å²) in [6.07, 6.45) is 3.56. The van der Waals surface area contributed by atoms with Gasteiger partial charge in [-0.25, -0.2) is 0 Å². The van der Waals surface area contributed by atoms with Crippen LogP contribution in [0.3, 0.4) is 0 Å². The standard InChI is InChI=1S/C14H29N3O.ClH/c1-4-12(3)13(15)14(18)16-7-9-17-8-5-6-11(2)10-17;/h11-13H,4-10,15H2,1-3H3,(H,16,18);1H. The van der Waals surface area contributed by atoms with Crippen LogP contribution in [-0.2, 0) is 4.79 Å². The number of likely N-dealkylation sites (tertiary alicyclic amines) is 1. The number of nitrogens with one attached hydrogen (secondary N) is 1. The first-order valence-electron chi connectivity index (χ1n) is 7.30. The van der Waals surface area contributed by atoms with Gasteiger partial charge in [-0.3, -0.25) is 4.79 Å². The molecule has 19 heavy (non-hydrogen) atoms. The summed E-state index contributed by atoms with van der Waals surface area (Å²) >= 11 is 0. The van der Waals surface area contributed by atoms with Gasteiger partial charge < -0.3 is 16.0 Å². The molecule has 3 unspecified atom stereocenters. The van der Waals surface area contributed by atoms with Crippen LogP contribution < -0.4 is 11.1 Å². The minimum Gasteiger partial charge on any atom is -0.353 e. The molecule has 1 aliphatic rings. The van der Waals surface area contributed by atoms with Gasteiger partial charge in [0.2, 0.25) is 5.91 Å². The number of piperidine rings is 1. The number of rotatable bonds is 6. The van der Waals surface area contributed by atoms with Gasteiger partial charge in [-0.05, 0) is 31.2 Å². The molecule has 5 heteroatoms. The van der Waals surface area contributed by atoms with Crippen molar-refractivity contribution < 1.29 is 4.79 Å². The summed E-state index contributed by atoms with van der Waals surface area (Å²) in [5.74, 6) is 1.03. The number of carbonyl (C=O) groups excluding carboxylic acids is 1. The number of amides is 1. The third kappa shape index (κ3) is 6.59. The molecule has 3 atom stereocenters. The highest BCUT2D eigenvalue weighted by molar-refractivity contribution is 5.85. The van der Waals surface area contributed by atoms with E-state index in [0.717, 1.165) is 38.5 Å². The molecule has 0 bridgehead atoms. The van der Waals surface area contributed by atoms with Crippen LogP contribution in [0, 0.1) is 11.8 Å². The minimum atomic E-state index is -0.365. The zero-order chi connectivity index (χ0) is 13.5. The van der Waals surface area contributed by atoms with Crippen molar-refractivity contribution in [3.63, 3.8) is 0 Å². The molecule has 0 aromatic rings. The molecule has 0 spiro atoms. The van der Waals surface area contributed by atoms with Gasteiger partial charge in [0.25, 0.3) is 0 Å². The molecule has 1 saturated heterocycles. The quantitative estimate of drug-likeness (QED) is 0.782. The molecular weight excluding hydrogens is 262 g/mol. The summed E-state index contributed by atoms with van der Waals surface area (Å²) < 4.78 is 0. The number of hydrogen-bond donors (Lipinski definition) is 2. The van der Waals surface area contributed by atoms with Crippen LogP contribution in [0.15, 0.2) is 0 Å². The molecule has 1 aliphatic heterocycles. The summed E-state index contributed by atoms with van der Waals surface area (Å²) in [6.45, 7) is 10.4. The molecule has 0 saturated carbocycles. The van der Waals surface area contributed by atoms with E-state index in [-0.39, 0.29) is 30.3 Å². The summed E-state index contributed by atoms with van der Waals surface area (Å²) in [7, 11) is 0. The van der Waals surface area contributed by atoms with E-state index in [1.807, 2.05) is 6.92 Å². The predicted octanol–water partition coefficient (Wildman–Crippen LogP) is 1.63. The SMILES string of the molecule is CCC(C)C(N)C(=O)NCCN1CCCC(C)C1.Cl. The van der Waals surface area contributed by atoms with Crippen LogP contribution in [0.5, 0.6) is 0 Å². The van der Waals surface area contributed by atoms with Crippen LogP contribution in [0.2, 0.25) is 0 Å². The molecule has 0 aromatic carbocycles. The van der Waals surface area contributed by atoms with Crippen molar-refractivity contribution in [1.29, 1.82) is 0 Å². The summed E-state index contributed by atoms with van der Waals surface area (Å²) in [5, 5.41) is 2.95. The first-order chi connectivity index (χ1) is 8.54. The number of nitrogens with zero attached hydrogens (tertiary/aromatic N) is 1. The minimum absolute atomic E-state index is 0. The zero-order valence-electron chi connectivity index (χ0n) is 12.5. The van der Waals surface area contributed by atoms with Gasteiger partial charge >= 0.3 is 0 Å². The molecule has 114 valence electrons. The van der Waals surface area contributed by atoms with Gasteiger partial charge in [0.15, 0.2) is 0 Å². The molecule has 0 aromatic heterocycles. The van der Waals surface area contributed by atoms with Crippen molar-refractivity contribution in [1.82, 2.24) is 10.2 Å². The number of hydrogen-bond acceptors (Lipinski definition) is 3. The lowest BCUT2D eigenvalue weighted by molar-refractivity contribution is -0.123. The van der Waals surface area contributed by atoms with Crippen LogP contribution in [0.25, 0.3) is 0 Å². The maximum absolute atomic E-state index is 11.8. The lowest BCUT2D eigenvalue weighted by atomic mass is 9.99. The van der Waals surface area contributed by atoms with E-state index in [9.17, 15) is 4.79 Å². The highest BCUT2D eigenvalue weighted by atomic mass is 35.5. The van der Waals surface area contributed by atoms with Gasteiger partial charge in [0, 0.05) is 19.6 Å². The largest absolute Gasteiger partial charge is 0.353 e. The maximum Gasteiger partial charge on any atom is 0.237 e. The second kappa shape index (κ2) is 9.56. The van der Waals surface area contributed by atoms with Crippen molar-refractivity contribution in [3.8, 4) is 0 Å². The maximum atomic E-state index is 11.8. The van der Waals surface area contributed by atoms with Crippen LogP contribution in [0.4, 0.5) is 0 Å². The molecule has 1 rings (SSSR count). The Morgan fingerprint density at radius 1 is 1.53 bits per heavy atom. The Bertz CT molecular complexity index is 263. The first-order valence-corrected chi connectivity index (χ1v) is 7.30. The van der Waals surface area contributed by atoms with E-state index in [1.54, 1.807) is 0 Å². The molecule has 4 nitrogen and oxygen atoms in total. The number of carbonyl (C=O) groups is 1. The molecule has 3 N–H and O–H groups in total. The van der Waals surface area contributed by atoms with E-state index in [4.69, 9.17) is 5.73 Å².